The van der Waals surface area contributed by atoms with E-state index in [1.165, 1.54) is 12.0 Å². The molecular weight excluding hydrogens is 262 g/mol. The van der Waals surface area contributed by atoms with Crippen LogP contribution < -0.4 is 5.32 Å². The molecule has 1 aromatic rings. The Morgan fingerprint density at radius 1 is 1.43 bits per heavy atom. The van der Waals surface area contributed by atoms with Crippen molar-refractivity contribution in [1.29, 1.82) is 0 Å². The number of rotatable bonds is 6. The topological polar surface area (TPSA) is 45.5 Å². The van der Waals surface area contributed by atoms with Crippen LogP contribution in [-0.4, -0.2) is 40.8 Å². The molecule has 5 nitrogen and oxygen atoms in total. The Kier molecular flexibility index (Phi) is 6.72. The second kappa shape index (κ2) is 8.05. The largest absolute Gasteiger partial charge is 0.357 e. The van der Waals surface area contributed by atoms with Crippen molar-refractivity contribution in [2.75, 3.05) is 20.1 Å². The Morgan fingerprint density at radius 2 is 2.14 bits per heavy atom. The number of aryl methyl sites for hydroxylation is 1. The van der Waals surface area contributed by atoms with Crippen molar-refractivity contribution < 1.29 is 0 Å². The van der Waals surface area contributed by atoms with Crippen molar-refractivity contribution in [3.05, 3.63) is 18.0 Å². The maximum absolute atomic E-state index is 4.72. The molecule has 1 rings (SSSR count). The lowest BCUT2D eigenvalue weighted by molar-refractivity contribution is 0.367. The van der Waals surface area contributed by atoms with Crippen molar-refractivity contribution >= 4 is 5.96 Å². The van der Waals surface area contributed by atoms with Crippen molar-refractivity contribution in [2.45, 2.75) is 47.1 Å². The maximum Gasteiger partial charge on any atom is 0.193 e. The predicted octanol–water partition coefficient (Wildman–Crippen LogP) is 2.64. The summed E-state index contributed by atoms with van der Waals surface area (Å²) in [6, 6.07) is 0. The zero-order valence-corrected chi connectivity index (χ0v) is 14.5. The lowest BCUT2D eigenvalue weighted by Crippen LogP contribution is -2.38. The standard InChI is InChI=1S/C16H31N5/c1-7-17-15(18-10-8-9-16(2,3)4)20(5)12-14-11-19-21(6)13-14/h11,13H,7-10,12H2,1-6H3,(H,17,18). The Bertz CT molecular complexity index is 442. The first kappa shape index (κ1) is 17.5. The number of aliphatic imine (C=N–C) groups is 1. The highest BCUT2D eigenvalue weighted by molar-refractivity contribution is 5.79. The molecule has 0 aliphatic carbocycles. The minimum absolute atomic E-state index is 0.384. The van der Waals surface area contributed by atoms with E-state index in [0.717, 1.165) is 32.0 Å². The van der Waals surface area contributed by atoms with Crippen LogP contribution in [0.15, 0.2) is 17.4 Å². The molecule has 1 N–H and O–H groups in total. The van der Waals surface area contributed by atoms with Gasteiger partial charge in [0.15, 0.2) is 5.96 Å². The third kappa shape index (κ3) is 7.16. The van der Waals surface area contributed by atoms with Gasteiger partial charge in [-0.3, -0.25) is 9.67 Å². The number of hydrogen-bond donors (Lipinski definition) is 1. The van der Waals surface area contributed by atoms with Crippen LogP contribution in [-0.2, 0) is 13.6 Å². The molecule has 0 radical (unpaired) electrons. The van der Waals surface area contributed by atoms with Gasteiger partial charge >= 0.3 is 0 Å². The van der Waals surface area contributed by atoms with Gasteiger partial charge < -0.3 is 10.2 Å². The molecule has 5 heteroatoms. The molecule has 0 saturated heterocycles. The quantitative estimate of drug-likeness (QED) is 0.498. The van der Waals surface area contributed by atoms with Gasteiger partial charge in [0, 0.05) is 45.5 Å². The molecule has 0 atom stereocenters. The van der Waals surface area contributed by atoms with Crippen LogP contribution in [0, 0.1) is 5.41 Å². The number of hydrogen-bond acceptors (Lipinski definition) is 2. The minimum Gasteiger partial charge on any atom is -0.357 e. The number of nitrogens with zero attached hydrogens (tertiary/aromatic N) is 4. The molecule has 21 heavy (non-hydrogen) atoms. The molecular formula is C16H31N5. The van der Waals surface area contributed by atoms with E-state index in [0.29, 0.717) is 5.41 Å². The van der Waals surface area contributed by atoms with Gasteiger partial charge in [-0.25, -0.2) is 0 Å². The molecule has 0 bridgehead atoms. The van der Waals surface area contributed by atoms with Crippen molar-refractivity contribution in [3.63, 3.8) is 0 Å². The van der Waals surface area contributed by atoms with E-state index in [2.05, 4.69) is 50.1 Å². The molecule has 0 spiro atoms. The van der Waals surface area contributed by atoms with E-state index in [9.17, 15) is 0 Å². The Morgan fingerprint density at radius 3 is 2.67 bits per heavy atom. The highest BCUT2D eigenvalue weighted by atomic mass is 15.3. The van der Waals surface area contributed by atoms with Gasteiger partial charge in [-0.1, -0.05) is 20.8 Å². The summed E-state index contributed by atoms with van der Waals surface area (Å²) in [5.41, 5.74) is 1.58. The fraction of sp³-hybridized carbons (Fsp3) is 0.750. The first-order valence-corrected chi connectivity index (χ1v) is 7.79. The summed E-state index contributed by atoms with van der Waals surface area (Å²) < 4.78 is 1.83. The zero-order chi connectivity index (χ0) is 15.9. The van der Waals surface area contributed by atoms with Crippen LogP contribution in [0.4, 0.5) is 0 Å². The lowest BCUT2D eigenvalue weighted by atomic mass is 9.91. The molecule has 1 aromatic heterocycles. The van der Waals surface area contributed by atoms with Gasteiger partial charge in [-0.2, -0.15) is 5.10 Å². The molecule has 0 aliphatic rings. The molecule has 0 aromatic carbocycles. The zero-order valence-electron chi connectivity index (χ0n) is 14.5. The monoisotopic (exact) mass is 293 g/mol. The van der Waals surface area contributed by atoms with E-state index in [1.54, 1.807) is 0 Å². The van der Waals surface area contributed by atoms with Gasteiger partial charge in [-0.15, -0.1) is 0 Å². The highest BCUT2D eigenvalue weighted by Crippen LogP contribution is 2.20. The van der Waals surface area contributed by atoms with E-state index < -0.39 is 0 Å². The second-order valence-corrected chi connectivity index (χ2v) is 6.78. The Balaban J connectivity index is 2.54. The summed E-state index contributed by atoms with van der Waals surface area (Å²) in [6.07, 6.45) is 6.26. The van der Waals surface area contributed by atoms with E-state index in [-0.39, 0.29) is 0 Å². The molecule has 0 unspecified atom stereocenters. The molecule has 0 aliphatic heterocycles. The summed E-state index contributed by atoms with van der Waals surface area (Å²) >= 11 is 0. The molecule has 0 saturated carbocycles. The average molecular weight is 293 g/mol. The second-order valence-electron chi connectivity index (χ2n) is 6.78. The van der Waals surface area contributed by atoms with Crippen molar-refractivity contribution in [1.82, 2.24) is 20.0 Å². The number of aromatic nitrogens is 2. The van der Waals surface area contributed by atoms with Gasteiger partial charge in [-0.05, 0) is 25.2 Å². The minimum atomic E-state index is 0.384. The first-order chi connectivity index (χ1) is 9.81. The third-order valence-corrected chi connectivity index (χ3v) is 3.22. The summed E-state index contributed by atoms with van der Waals surface area (Å²) in [7, 11) is 4.01. The van der Waals surface area contributed by atoms with E-state index in [1.807, 2.05) is 24.1 Å². The van der Waals surface area contributed by atoms with Gasteiger partial charge in [0.25, 0.3) is 0 Å². The normalized spacial score (nSPS) is 12.6. The van der Waals surface area contributed by atoms with Crippen LogP contribution in [0.1, 0.15) is 46.1 Å². The summed E-state index contributed by atoms with van der Waals surface area (Å²) in [6.45, 7) is 11.5. The smallest absolute Gasteiger partial charge is 0.193 e. The van der Waals surface area contributed by atoms with Crippen molar-refractivity contribution in [3.8, 4) is 0 Å². The molecule has 120 valence electrons. The van der Waals surface area contributed by atoms with Crippen molar-refractivity contribution in [2.24, 2.45) is 17.5 Å². The molecule has 0 fully saturated rings. The predicted molar refractivity (Wildman–Crippen MR) is 89.3 cm³/mol. The summed E-state index contributed by atoms with van der Waals surface area (Å²) in [4.78, 5) is 6.87. The average Bonchev–Trinajstić information content (AvgIpc) is 2.77. The van der Waals surface area contributed by atoms with E-state index in [4.69, 9.17) is 4.99 Å². The van der Waals surface area contributed by atoms with Crippen LogP contribution in [0.3, 0.4) is 0 Å². The van der Waals surface area contributed by atoms with Gasteiger partial charge in [0.1, 0.15) is 0 Å². The summed E-state index contributed by atoms with van der Waals surface area (Å²) in [5.74, 6) is 0.968. The first-order valence-electron chi connectivity index (χ1n) is 7.79. The third-order valence-electron chi connectivity index (χ3n) is 3.22. The van der Waals surface area contributed by atoms with Crippen LogP contribution >= 0.6 is 0 Å². The molecule has 0 amide bonds. The van der Waals surface area contributed by atoms with E-state index >= 15 is 0 Å². The SMILES string of the molecule is CCNC(=NCCCC(C)(C)C)N(C)Cc1cnn(C)c1. The Labute approximate surface area is 129 Å². The Hall–Kier alpha value is -1.52. The summed E-state index contributed by atoms with van der Waals surface area (Å²) in [5, 5.41) is 7.56. The van der Waals surface area contributed by atoms with Crippen LogP contribution in [0.5, 0.6) is 0 Å². The fourth-order valence-electron chi connectivity index (χ4n) is 2.17. The number of nitrogens with one attached hydrogen (secondary N) is 1. The van der Waals surface area contributed by atoms with Crippen LogP contribution in [0.2, 0.25) is 0 Å². The number of guanidine groups is 1. The molecule has 1 heterocycles. The highest BCUT2D eigenvalue weighted by Gasteiger charge is 2.10. The lowest BCUT2D eigenvalue weighted by Gasteiger charge is -2.22. The fourth-order valence-corrected chi connectivity index (χ4v) is 2.17. The van der Waals surface area contributed by atoms with Crippen LogP contribution in [0.25, 0.3) is 0 Å². The maximum atomic E-state index is 4.72. The van der Waals surface area contributed by atoms with Gasteiger partial charge in [0.05, 0.1) is 6.20 Å². The van der Waals surface area contributed by atoms with Gasteiger partial charge in [0.2, 0.25) is 0 Å².